The van der Waals surface area contributed by atoms with Gasteiger partial charge >= 0.3 is 5.97 Å². The first kappa shape index (κ1) is 14.8. The van der Waals surface area contributed by atoms with Gasteiger partial charge in [0, 0.05) is 10.9 Å². The number of furan rings is 1. The van der Waals surface area contributed by atoms with Crippen molar-refractivity contribution in [2.24, 2.45) is 0 Å². The number of esters is 1. The average Bonchev–Trinajstić information content (AvgIpc) is 3.14. The van der Waals surface area contributed by atoms with E-state index >= 15 is 0 Å². The first-order chi connectivity index (χ1) is 10.6. The monoisotopic (exact) mass is 363 g/mol. The molecule has 0 aliphatic carbocycles. The molecule has 0 unspecified atom stereocenters. The van der Waals surface area contributed by atoms with Crippen molar-refractivity contribution in [2.45, 2.75) is 18.4 Å². The molecule has 2 heterocycles. The van der Waals surface area contributed by atoms with Crippen LogP contribution in [0.5, 0.6) is 0 Å². The highest BCUT2D eigenvalue weighted by atomic mass is 79.9. The molecule has 0 saturated carbocycles. The average molecular weight is 364 g/mol. The van der Waals surface area contributed by atoms with Gasteiger partial charge in [0.2, 0.25) is 5.91 Å². The quantitative estimate of drug-likeness (QED) is 0.786. The smallest absolute Gasteiger partial charge is 0.329 e. The SMILES string of the molecule is COC(=O)[C@H]1[C@H](c2ccco2)CC(=O)N1c1ccccc1Br. The molecule has 1 saturated heterocycles. The fourth-order valence-corrected chi connectivity index (χ4v) is 3.29. The van der Waals surface area contributed by atoms with Crippen molar-refractivity contribution in [1.82, 2.24) is 0 Å². The molecule has 3 rings (SSSR count). The van der Waals surface area contributed by atoms with Crippen LogP contribution in [-0.2, 0) is 14.3 Å². The minimum absolute atomic E-state index is 0.135. The molecule has 5 nitrogen and oxygen atoms in total. The van der Waals surface area contributed by atoms with E-state index in [2.05, 4.69) is 15.9 Å². The minimum Gasteiger partial charge on any atom is -0.469 e. The number of nitrogens with zero attached hydrogens (tertiary/aromatic N) is 1. The van der Waals surface area contributed by atoms with Gasteiger partial charge in [-0.25, -0.2) is 4.79 Å². The lowest BCUT2D eigenvalue weighted by molar-refractivity contribution is -0.142. The summed E-state index contributed by atoms with van der Waals surface area (Å²) in [6, 6.07) is 10.1. The number of benzene rings is 1. The Morgan fingerprint density at radius 3 is 2.73 bits per heavy atom. The Hall–Kier alpha value is -2.08. The van der Waals surface area contributed by atoms with Crippen LogP contribution in [0.2, 0.25) is 0 Å². The summed E-state index contributed by atoms with van der Waals surface area (Å²) in [5.74, 6) is -0.341. The highest BCUT2D eigenvalue weighted by Gasteiger charge is 2.48. The Labute approximate surface area is 136 Å². The predicted molar refractivity (Wildman–Crippen MR) is 83.5 cm³/mol. The van der Waals surface area contributed by atoms with Gasteiger partial charge in [0.1, 0.15) is 11.8 Å². The third-order valence-electron chi connectivity index (χ3n) is 3.79. The first-order valence-electron chi connectivity index (χ1n) is 6.81. The molecule has 1 aliphatic rings. The summed E-state index contributed by atoms with van der Waals surface area (Å²) in [6.07, 6.45) is 1.74. The number of halogens is 1. The summed E-state index contributed by atoms with van der Waals surface area (Å²) < 4.78 is 11.1. The van der Waals surface area contributed by atoms with Crippen LogP contribution in [0.25, 0.3) is 0 Å². The molecule has 1 fully saturated rings. The van der Waals surface area contributed by atoms with Gasteiger partial charge in [0.25, 0.3) is 0 Å². The number of methoxy groups -OCH3 is 1. The fourth-order valence-electron chi connectivity index (χ4n) is 2.81. The van der Waals surface area contributed by atoms with E-state index in [0.29, 0.717) is 11.4 Å². The van der Waals surface area contributed by atoms with Gasteiger partial charge in [-0.15, -0.1) is 0 Å². The highest BCUT2D eigenvalue weighted by Crippen LogP contribution is 2.40. The zero-order chi connectivity index (χ0) is 15.7. The number of ether oxygens (including phenoxy) is 1. The lowest BCUT2D eigenvalue weighted by atomic mass is 9.97. The molecule has 1 aromatic carbocycles. The van der Waals surface area contributed by atoms with E-state index in [0.717, 1.165) is 4.47 Å². The molecule has 1 aromatic heterocycles. The van der Waals surface area contributed by atoms with E-state index in [1.165, 1.54) is 18.3 Å². The third-order valence-corrected chi connectivity index (χ3v) is 4.46. The normalized spacial score (nSPS) is 21.2. The molecular weight excluding hydrogens is 350 g/mol. The van der Waals surface area contributed by atoms with E-state index in [4.69, 9.17) is 9.15 Å². The van der Waals surface area contributed by atoms with Crippen molar-refractivity contribution < 1.29 is 18.7 Å². The minimum atomic E-state index is -0.734. The van der Waals surface area contributed by atoms with Crippen LogP contribution in [-0.4, -0.2) is 25.0 Å². The number of para-hydroxylation sites is 1. The number of anilines is 1. The Balaban J connectivity index is 2.06. The van der Waals surface area contributed by atoms with Crippen molar-refractivity contribution in [1.29, 1.82) is 0 Å². The molecule has 6 heteroatoms. The van der Waals surface area contributed by atoms with E-state index in [9.17, 15) is 9.59 Å². The van der Waals surface area contributed by atoms with Crippen LogP contribution >= 0.6 is 15.9 Å². The zero-order valence-electron chi connectivity index (χ0n) is 11.9. The topological polar surface area (TPSA) is 59.8 Å². The van der Waals surface area contributed by atoms with Crippen molar-refractivity contribution in [3.8, 4) is 0 Å². The standard InChI is InChI=1S/C16H14BrNO4/c1-21-16(20)15-10(13-7-4-8-22-13)9-14(19)18(15)12-6-3-2-5-11(12)17/h2-8,10,15H,9H2,1H3/t10-,15+/m0/s1. The van der Waals surface area contributed by atoms with Gasteiger partial charge in [0.05, 0.1) is 25.0 Å². The Kier molecular flexibility index (Phi) is 4.02. The molecule has 0 N–H and O–H groups in total. The largest absolute Gasteiger partial charge is 0.469 e. The van der Waals surface area contributed by atoms with Crippen LogP contribution in [0.15, 0.2) is 51.6 Å². The summed E-state index contributed by atoms with van der Waals surface area (Å²) >= 11 is 3.43. The summed E-state index contributed by atoms with van der Waals surface area (Å²) in [5, 5.41) is 0. The number of carbonyl (C=O) groups excluding carboxylic acids is 2. The van der Waals surface area contributed by atoms with E-state index in [1.807, 2.05) is 18.2 Å². The number of amides is 1. The molecular formula is C16H14BrNO4. The molecule has 1 amide bonds. The van der Waals surface area contributed by atoms with Gasteiger partial charge in [0.15, 0.2) is 0 Å². The van der Waals surface area contributed by atoms with E-state index in [-0.39, 0.29) is 18.2 Å². The zero-order valence-corrected chi connectivity index (χ0v) is 13.4. The summed E-state index contributed by atoms with van der Waals surface area (Å²) in [7, 11) is 1.32. The maximum atomic E-state index is 12.5. The molecule has 22 heavy (non-hydrogen) atoms. The fraction of sp³-hybridized carbons (Fsp3) is 0.250. The molecule has 0 spiro atoms. The van der Waals surface area contributed by atoms with Crippen LogP contribution in [0.3, 0.4) is 0 Å². The lowest BCUT2D eigenvalue weighted by Gasteiger charge is -2.26. The second-order valence-corrected chi connectivity index (χ2v) is 5.86. The third kappa shape index (κ3) is 2.43. The van der Waals surface area contributed by atoms with Crippen LogP contribution in [0, 0.1) is 0 Å². The van der Waals surface area contributed by atoms with E-state index < -0.39 is 12.0 Å². The Bertz CT molecular complexity index is 698. The molecule has 114 valence electrons. The molecule has 1 aliphatic heterocycles. The second kappa shape index (κ2) is 5.96. The van der Waals surface area contributed by atoms with Gasteiger partial charge in [-0.3, -0.25) is 9.69 Å². The number of hydrogen-bond donors (Lipinski definition) is 0. The van der Waals surface area contributed by atoms with Crippen molar-refractivity contribution in [3.63, 3.8) is 0 Å². The van der Waals surface area contributed by atoms with Crippen molar-refractivity contribution in [3.05, 3.63) is 52.9 Å². The summed E-state index contributed by atoms with van der Waals surface area (Å²) in [6.45, 7) is 0. The van der Waals surface area contributed by atoms with E-state index in [1.54, 1.807) is 18.2 Å². The second-order valence-electron chi connectivity index (χ2n) is 5.01. The number of carbonyl (C=O) groups is 2. The Morgan fingerprint density at radius 1 is 1.32 bits per heavy atom. The van der Waals surface area contributed by atoms with Crippen molar-refractivity contribution in [2.75, 3.05) is 12.0 Å². The van der Waals surface area contributed by atoms with Gasteiger partial charge < -0.3 is 9.15 Å². The molecule has 0 bridgehead atoms. The number of hydrogen-bond acceptors (Lipinski definition) is 4. The van der Waals surface area contributed by atoms with Crippen LogP contribution in [0.4, 0.5) is 5.69 Å². The molecule has 2 aromatic rings. The maximum Gasteiger partial charge on any atom is 0.329 e. The van der Waals surface area contributed by atoms with Gasteiger partial charge in [-0.05, 0) is 40.2 Å². The first-order valence-corrected chi connectivity index (χ1v) is 7.60. The van der Waals surface area contributed by atoms with Gasteiger partial charge in [-0.2, -0.15) is 0 Å². The molecule has 0 radical (unpaired) electrons. The lowest BCUT2D eigenvalue weighted by Crippen LogP contribution is -2.41. The van der Waals surface area contributed by atoms with Crippen LogP contribution in [0.1, 0.15) is 18.1 Å². The molecule has 2 atom stereocenters. The summed E-state index contributed by atoms with van der Waals surface area (Å²) in [4.78, 5) is 26.3. The number of rotatable bonds is 3. The maximum absolute atomic E-state index is 12.5. The van der Waals surface area contributed by atoms with Crippen LogP contribution < -0.4 is 4.90 Å². The van der Waals surface area contributed by atoms with Crippen molar-refractivity contribution >= 4 is 33.5 Å². The summed E-state index contributed by atoms with van der Waals surface area (Å²) in [5.41, 5.74) is 0.650. The van der Waals surface area contributed by atoms with Gasteiger partial charge in [-0.1, -0.05) is 12.1 Å². The Morgan fingerprint density at radius 2 is 2.09 bits per heavy atom. The predicted octanol–water partition coefficient (Wildman–Crippen LogP) is 3.10. The highest BCUT2D eigenvalue weighted by molar-refractivity contribution is 9.10.